The van der Waals surface area contributed by atoms with Crippen molar-refractivity contribution in [2.45, 2.75) is 26.9 Å². The van der Waals surface area contributed by atoms with Crippen molar-refractivity contribution >= 4 is 6.29 Å². The molecule has 0 radical (unpaired) electrons. The SMILES string of the molecule is Cc1cnc(CC#CC=O)cc1-n1c(C)cc(OCc2ncc(F)cc2F)cc1=O. The molecular formula is C22H17F2N3O3. The first kappa shape index (κ1) is 20.9. The van der Waals surface area contributed by atoms with E-state index in [1.165, 1.54) is 10.6 Å². The zero-order valence-electron chi connectivity index (χ0n) is 16.3. The van der Waals surface area contributed by atoms with E-state index < -0.39 is 11.6 Å². The Balaban J connectivity index is 1.88. The molecule has 0 aromatic carbocycles. The van der Waals surface area contributed by atoms with Gasteiger partial charge in [-0.3, -0.25) is 24.1 Å². The highest BCUT2D eigenvalue weighted by Gasteiger charge is 2.12. The minimum atomic E-state index is -0.822. The number of aryl methyl sites for hydroxylation is 2. The van der Waals surface area contributed by atoms with Gasteiger partial charge in [0.2, 0.25) is 0 Å². The van der Waals surface area contributed by atoms with Gasteiger partial charge >= 0.3 is 0 Å². The molecule has 0 N–H and O–H groups in total. The number of ether oxygens (including phenoxy) is 1. The van der Waals surface area contributed by atoms with Crippen molar-refractivity contribution in [3.8, 4) is 23.3 Å². The Labute approximate surface area is 171 Å². The van der Waals surface area contributed by atoms with Gasteiger partial charge in [-0.1, -0.05) is 5.92 Å². The summed E-state index contributed by atoms with van der Waals surface area (Å²) in [6, 6.07) is 5.37. The molecule has 0 unspecified atom stereocenters. The molecule has 0 aliphatic heterocycles. The Hall–Kier alpha value is -3.86. The number of nitrogens with zero attached hydrogens (tertiary/aromatic N) is 3. The summed E-state index contributed by atoms with van der Waals surface area (Å²) in [6.45, 7) is 3.31. The molecule has 8 heteroatoms. The van der Waals surface area contributed by atoms with Crippen LogP contribution < -0.4 is 10.3 Å². The third-order valence-electron chi connectivity index (χ3n) is 4.25. The molecule has 0 saturated heterocycles. The first-order chi connectivity index (χ1) is 14.4. The second-order valence-corrected chi connectivity index (χ2v) is 6.45. The van der Waals surface area contributed by atoms with E-state index in [1.807, 2.05) is 6.92 Å². The van der Waals surface area contributed by atoms with E-state index in [-0.39, 0.29) is 30.0 Å². The average molecular weight is 409 g/mol. The molecule has 3 aromatic heterocycles. The van der Waals surface area contributed by atoms with Gasteiger partial charge in [-0.2, -0.15) is 0 Å². The lowest BCUT2D eigenvalue weighted by atomic mass is 10.1. The fourth-order valence-electron chi connectivity index (χ4n) is 2.84. The number of carbonyl (C=O) groups excluding carboxylic acids is 1. The molecule has 0 atom stereocenters. The van der Waals surface area contributed by atoms with Gasteiger partial charge in [0.1, 0.15) is 23.9 Å². The maximum absolute atomic E-state index is 13.7. The predicted octanol–water partition coefficient (Wildman–Crippen LogP) is 2.85. The Bertz CT molecular complexity index is 1230. The Morgan fingerprint density at radius 3 is 2.63 bits per heavy atom. The van der Waals surface area contributed by atoms with Gasteiger partial charge in [0.05, 0.1) is 24.0 Å². The highest BCUT2D eigenvalue weighted by molar-refractivity contribution is 5.72. The Kier molecular flexibility index (Phi) is 6.32. The largest absolute Gasteiger partial charge is 0.487 e. The zero-order valence-corrected chi connectivity index (χ0v) is 16.3. The molecule has 3 aromatic rings. The van der Waals surface area contributed by atoms with Gasteiger partial charge in [0.15, 0.2) is 12.1 Å². The lowest BCUT2D eigenvalue weighted by molar-refractivity contribution is -0.103. The summed E-state index contributed by atoms with van der Waals surface area (Å²) >= 11 is 0. The van der Waals surface area contributed by atoms with Crippen molar-refractivity contribution in [1.82, 2.24) is 14.5 Å². The molecule has 152 valence electrons. The van der Waals surface area contributed by atoms with Crippen LogP contribution in [0.25, 0.3) is 5.69 Å². The van der Waals surface area contributed by atoms with Crippen molar-refractivity contribution < 1.29 is 18.3 Å². The first-order valence-electron chi connectivity index (χ1n) is 8.93. The molecule has 0 spiro atoms. The van der Waals surface area contributed by atoms with Crippen LogP contribution in [0.15, 0.2) is 41.5 Å². The van der Waals surface area contributed by atoms with Crippen molar-refractivity contribution in [1.29, 1.82) is 0 Å². The van der Waals surface area contributed by atoms with E-state index in [0.717, 1.165) is 17.8 Å². The lowest BCUT2D eigenvalue weighted by Crippen LogP contribution is -2.21. The second kappa shape index (κ2) is 9.09. The topological polar surface area (TPSA) is 74.1 Å². The van der Waals surface area contributed by atoms with Crippen molar-refractivity contribution in [3.05, 3.63) is 81.3 Å². The van der Waals surface area contributed by atoms with Crippen molar-refractivity contribution in [2.24, 2.45) is 0 Å². The Morgan fingerprint density at radius 2 is 1.93 bits per heavy atom. The summed E-state index contributed by atoms with van der Waals surface area (Å²) in [5.74, 6) is 3.65. The molecule has 0 bridgehead atoms. The van der Waals surface area contributed by atoms with Gasteiger partial charge in [-0.25, -0.2) is 8.78 Å². The van der Waals surface area contributed by atoms with Crippen LogP contribution >= 0.6 is 0 Å². The molecule has 0 aliphatic rings. The summed E-state index contributed by atoms with van der Waals surface area (Å²) in [6.07, 6.45) is 3.31. The van der Waals surface area contributed by atoms with Gasteiger partial charge < -0.3 is 4.74 Å². The predicted molar refractivity (Wildman–Crippen MR) is 105 cm³/mol. The monoisotopic (exact) mass is 409 g/mol. The van der Waals surface area contributed by atoms with Crippen molar-refractivity contribution in [3.63, 3.8) is 0 Å². The smallest absolute Gasteiger partial charge is 0.259 e. The molecule has 6 nitrogen and oxygen atoms in total. The minimum absolute atomic E-state index is 0.0655. The van der Waals surface area contributed by atoms with Crippen LogP contribution in [-0.2, 0) is 17.8 Å². The maximum atomic E-state index is 13.7. The van der Waals surface area contributed by atoms with Crippen LogP contribution in [0.5, 0.6) is 5.75 Å². The summed E-state index contributed by atoms with van der Waals surface area (Å²) in [5, 5.41) is 0. The normalized spacial score (nSPS) is 10.3. The summed E-state index contributed by atoms with van der Waals surface area (Å²) in [4.78, 5) is 31.0. The molecule has 30 heavy (non-hydrogen) atoms. The quantitative estimate of drug-likeness (QED) is 0.479. The van der Waals surface area contributed by atoms with Crippen LogP contribution in [0.4, 0.5) is 8.78 Å². The van der Waals surface area contributed by atoms with Gasteiger partial charge in [0.25, 0.3) is 5.56 Å². The number of hydrogen-bond acceptors (Lipinski definition) is 5. The van der Waals surface area contributed by atoms with Crippen LogP contribution in [0.3, 0.4) is 0 Å². The van der Waals surface area contributed by atoms with Gasteiger partial charge in [-0.15, -0.1) is 0 Å². The summed E-state index contributed by atoms with van der Waals surface area (Å²) in [7, 11) is 0. The third-order valence-corrected chi connectivity index (χ3v) is 4.25. The third kappa shape index (κ3) is 4.75. The highest BCUT2D eigenvalue weighted by atomic mass is 19.1. The number of aldehydes is 1. The summed E-state index contributed by atoms with van der Waals surface area (Å²) in [5.41, 5.74) is 2.20. The van der Waals surface area contributed by atoms with Crippen LogP contribution in [0.1, 0.15) is 22.6 Å². The van der Waals surface area contributed by atoms with Gasteiger partial charge in [-0.05, 0) is 31.4 Å². The number of rotatable bonds is 5. The number of hydrogen-bond donors (Lipinski definition) is 0. The standard InChI is InChI=1S/C22H17F2N3O3/c1-14-11-25-17(5-3-4-6-28)9-21(14)27-15(2)7-18(10-22(27)29)30-13-20-19(24)8-16(23)12-26-20/h6-12H,5,13H2,1-2H3. The molecule has 0 fully saturated rings. The number of carbonyl (C=O) groups is 1. The van der Waals surface area contributed by atoms with E-state index in [4.69, 9.17) is 4.74 Å². The number of pyridine rings is 3. The summed E-state index contributed by atoms with van der Waals surface area (Å²) < 4.78 is 33.6. The molecular weight excluding hydrogens is 392 g/mol. The van der Waals surface area contributed by atoms with E-state index in [1.54, 1.807) is 25.3 Å². The molecule has 0 amide bonds. The molecule has 3 rings (SSSR count). The Morgan fingerprint density at radius 1 is 1.13 bits per heavy atom. The maximum Gasteiger partial charge on any atom is 0.259 e. The van der Waals surface area contributed by atoms with E-state index in [0.29, 0.717) is 23.4 Å². The van der Waals surface area contributed by atoms with E-state index in [2.05, 4.69) is 21.8 Å². The van der Waals surface area contributed by atoms with Gasteiger partial charge in [0, 0.05) is 30.1 Å². The number of aromatic nitrogens is 3. The van der Waals surface area contributed by atoms with E-state index >= 15 is 0 Å². The molecule has 0 saturated carbocycles. The molecule has 0 aliphatic carbocycles. The minimum Gasteiger partial charge on any atom is -0.487 e. The van der Waals surface area contributed by atoms with E-state index in [9.17, 15) is 18.4 Å². The van der Waals surface area contributed by atoms with Crippen LogP contribution in [0, 0.1) is 37.3 Å². The first-order valence-corrected chi connectivity index (χ1v) is 8.93. The van der Waals surface area contributed by atoms with Crippen molar-refractivity contribution in [2.75, 3.05) is 0 Å². The zero-order chi connectivity index (χ0) is 21.7. The fraction of sp³-hybridized carbons (Fsp3) is 0.182. The second-order valence-electron chi connectivity index (χ2n) is 6.45. The highest BCUT2D eigenvalue weighted by Crippen LogP contribution is 2.19. The molecule has 3 heterocycles. The number of halogens is 2. The van der Waals surface area contributed by atoms with Crippen LogP contribution in [0.2, 0.25) is 0 Å². The fourth-order valence-corrected chi connectivity index (χ4v) is 2.84. The lowest BCUT2D eigenvalue weighted by Gasteiger charge is -2.15. The average Bonchev–Trinajstić information content (AvgIpc) is 2.69. The van der Waals surface area contributed by atoms with Crippen LogP contribution in [-0.4, -0.2) is 20.8 Å².